The third kappa shape index (κ3) is 5.81. The number of hydrogen-bond donors (Lipinski definition) is 2. The van der Waals surface area contributed by atoms with E-state index in [1.165, 1.54) is 47.6 Å². The second-order valence-corrected chi connectivity index (χ2v) is 12.1. The lowest BCUT2D eigenvalue weighted by Crippen LogP contribution is -2.53. The maximum atomic E-state index is 14.0. The van der Waals surface area contributed by atoms with Gasteiger partial charge in [-0.3, -0.25) is 14.8 Å². The van der Waals surface area contributed by atoms with E-state index in [2.05, 4.69) is 15.2 Å². The molecule has 1 aromatic heterocycles. The zero-order valence-corrected chi connectivity index (χ0v) is 25.7. The Morgan fingerprint density at radius 3 is 2.59 bits per heavy atom. The number of alkyl halides is 2. The molecule has 2 amide bonds. The Kier molecular flexibility index (Phi) is 8.48. The van der Waals surface area contributed by atoms with Gasteiger partial charge in [0.15, 0.2) is 10.8 Å². The highest BCUT2D eigenvalue weighted by atomic mass is 35.5. The Bertz CT molecular complexity index is 1750. The van der Waals surface area contributed by atoms with Crippen LogP contribution in [-0.2, 0) is 20.2 Å². The number of methoxy groups -OCH3 is 1. The lowest BCUT2D eigenvalue weighted by molar-refractivity contribution is -0.166. The molecule has 0 saturated carbocycles. The third-order valence-corrected chi connectivity index (χ3v) is 9.16. The van der Waals surface area contributed by atoms with Gasteiger partial charge in [-0.2, -0.15) is 8.78 Å². The number of aliphatic carboxylic acids is 1. The number of hydrogen-bond acceptors (Lipinski definition) is 9. The van der Waals surface area contributed by atoms with Crippen LogP contribution < -0.4 is 10.2 Å². The van der Waals surface area contributed by atoms with Crippen molar-refractivity contribution in [3.63, 3.8) is 0 Å². The number of rotatable bonds is 8. The molecule has 2 atom stereocenters. The molecule has 3 aliphatic rings. The van der Waals surface area contributed by atoms with Crippen molar-refractivity contribution in [2.24, 2.45) is 4.99 Å². The number of anilines is 1. The summed E-state index contributed by atoms with van der Waals surface area (Å²) in [5.74, 6) is -7.09. The van der Waals surface area contributed by atoms with E-state index >= 15 is 0 Å². The minimum atomic E-state index is -4.05. The van der Waals surface area contributed by atoms with Crippen molar-refractivity contribution in [3.05, 3.63) is 92.3 Å². The van der Waals surface area contributed by atoms with Gasteiger partial charge in [0.05, 0.1) is 18.7 Å². The van der Waals surface area contributed by atoms with Gasteiger partial charge in [0.25, 0.3) is 0 Å². The molecule has 0 aliphatic carbocycles. The number of carboxylic acids is 1. The van der Waals surface area contributed by atoms with Gasteiger partial charge in [-0.1, -0.05) is 29.8 Å². The lowest BCUT2D eigenvalue weighted by atomic mass is 9.95. The number of nitrogens with one attached hydrogen (secondary N) is 1. The van der Waals surface area contributed by atoms with Crippen molar-refractivity contribution >= 4 is 52.4 Å². The first kappa shape index (κ1) is 31.5. The minimum Gasteiger partial charge on any atom is -0.477 e. The van der Waals surface area contributed by atoms with Crippen LogP contribution in [0.15, 0.2) is 70.3 Å². The predicted molar refractivity (Wildman–Crippen MR) is 163 cm³/mol. The number of halogens is 4. The van der Waals surface area contributed by atoms with Gasteiger partial charge in [0, 0.05) is 71.8 Å². The number of aromatic nitrogens is 1. The first-order valence-corrected chi connectivity index (χ1v) is 15.3. The first-order chi connectivity index (χ1) is 22.0. The van der Waals surface area contributed by atoms with Gasteiger partial charge in [-0.25, -0.2) is 23.8 Å². The molecule has 6 rings (SSSR count). The number of amides is 2. The largest absolute Gasteiger partial charge is 0.477 e. The molecule has 2 aromatic carbocycles. The van der Waals surface area contributed by atoms with E-state index in [-0.39, 0.29) is 35.8 Å². The number of ether oxygens (including phenoxy) is 1. The average Bonchev–Trinajstić information content (AvgIpc) is 3.69. The number of nitrogens with zero attached hydrogens (tertiary/aromatic N) is 5. The van der Waals surface area contributed by atoms with Gasteiger partial charge in [-0.05, 0) is 24.3 Å². The van der Waals surface area contributed by atoms with E-state index in [4.69, 9.17) is 26.4 Å². The van der Waals surface area contributed by atoms with E-state index in [9.17, 15) is 27.6 Å². The summed E-state index contributed by atoms with van der Waals surface area (Å²) in [6, 6.07) is 7.01. The number of fused-ring (bicyclic) bond motifs is 1. The summed E-state index contributed by atoms with van der Waals surface area (Å²) in [5.41, 5.74) is 0.771. The second-order valence-electron chi connectivity index (χ2n) is 10.8. The average molecular weight is 675 g/mol. The van der Waals surface area contributed by atoms with Crippen molar-refractivity contribution in [1.82, 2.24) is 20.1 Å². The number of carboxylic acid groups (broad SMARTS) is 1. The highest BCUT2D eigenvalue weighted by Crippen LogP contribution is 2.37. The standard InChI is InChI=1S/C30H26ClF3N6O5S/c1-45-27(41)23-22(36-25(26-35-8-11-46-26)37-24(23)20-7-4-17(32)12-21(20)31)15-38-9-10-39-19(13-38)14-40(29(39)44)18-5-2-16(3-6-18)30(33,34)28(42)43/h2-8,11-12,19,24H,9-10,13-15H2,1H3,(H,36,37)(H,42,43)/t19-,24-/m0/s1. The van der Waals surface area contributed by atoms with Crippen LogP contribution in [0.2, 0.25) is 5.02 Å². The smallest absolute Gasteiger partial charge is 0.379 e. The Morgan fingerprint density at radius 2 is 1.93 bits per heavy atom. The number of carbonyl (C=O) groups is 3. The second kappa shape index (κ2) is 12.4. The number of amidine groups is 1. The summed E-state index contributed by atoms with van der Waals surface area (Å²) in [6.07, 6.45) is 1.62. The monoisotopic (exact) mass is 674 g/mol. The summed E-state index contributed by atoms with van der Waals surface area (Å²) in [4.78, 5) is 51.8. The quantitative estimate of drug-likeness (QED) is 0.340. The molecule has 3 aromatic rings. The minimum absolute atomic E-state index is 0.0905. The molecule has 2 saturated heterocycles. The van der Waals surface area contributed by atoms with Crippen molar-refractivity contribution in [2.75, 3.05) is 44.7 Å². The number of thiazole rings is 1. The van der Waals surface area contributed by atoms with Gasteiger partial charge >= 0.3 is 23.9 Å². The Balaban J connectivity index is 1.26. The van der Waals surface area contributed by atoms with E-state index in [0.717, 1.165) is 18.2 Å². The molecule has 0 spiro atoms. The fourth-order valence-electron chi connectivity index (χ4n) is 5.80. The molecule has 2 fully saturated rings. The van der Waals surface area contributed by atoms with Crippen LogP contribution in [0.4, 0.5) is 23.7 Å². The van der Waals surface area contributed by atoms with Crippen LogP contribution >= 0.6 is 22.9 Å². The van der Waals surface area contributed by atoms with Crippen LogP contribution in [0, 0.1) is 5.82 Å². The molecule has 0 unspecified atom stereocenters. The fraction of sp³-hybridized carbons (Fsp3) is 0.300. The third-order valence-electron chi connectivity index (χ3n) is 8.05. The van der Waals surface area contributed by atoms with Gasteiger partial charge in [0.1, 0.15) is 11.9 Å². The number of benzene rings is 2. The summed E-state index contributed by atoms with van der Waals surface area (Å²) in [6.45, 7) is 1.73. The van der Waals surface area contributed by atoms with Gasteiger partial charge < -0.3 is 20.1 Å². The maximum absolute atomic E-state index is 14.0. The first-order valence-electron chi connectivity index (χ1n) is 14.0. The highest BCUT2D eigenvalue weighted by molar-refractivity contribution is 7.11. The van der Waals surface area contributed by atoms with E-state index in [1.54, 1.807) is 16.5 Å². The summed E-state index contributed by atoms with van der Waals surface area (Å²) in [7, 11) is 1.25. The van der Waals surface area contributed by atoms with Gasteiger partial charge in [0.2, 0.25) is 0 Å². The number of carbonyl (C=O) groups excluding carboxylic acids is 2. The molecule has 16 heteroatoms. The number of esters is 1. The highest BCUT2D eigenvalue weighted by Gasteiger charge is 2.44. The SMILES string of the molecule is COC(=O)C1=C(CN2CCN3C(=O)N(c4ccc(C(F)(F)C(=O)O)cc4)C[C@@H]3C2)NC(c2nccs2)=N[C@H]1c1ccc(F)cc1Cl. The Hall–Kier alpha value is -4.47. The molecular weight excluding hydrogens is 649 g/mol. The number of piperazine rings is 1. The summed E-state index contributed by atoms with van der Waals surface area (Å²) < 4.78 is 47.0. The van der Waals surface area contributed by atoms with Gasteiger partial charge in [-0.15, -0.1) is 11.3 Å². The molecule has 11 nitrogen and oxygen atoms in total. The topological polar surface area (TPSA) is 128 Å². The zero-order valence-electron chi connectivity index (χ0n) is 24.1. The van der Waals surface area contributed by atoms with E-state index in [1.807, 2.05) is 0 Å². The van der Waals surface area contributed by atoms with Crippen LogP contribution in [0.1, 0.15) is 22.2 Å². The Morgan fingerprint density at radius 1 is 1.17 bits per heavy atom. The number of urea groups is 1. The van der Waals surface area contributed by atoms with Crippen molar-refractivity contribution < 1.29 is 37.4 Å². The van der Waals surface area contributed by atoms with E-state index < -0.39 is 35.3 Å². The van der Waals surface area contributed by atoms with E-state index in [0.29, 0.717) is 47.4 Å². The molecule has 0 bridgehead atoms. The predicted octanol–water partition coefficient (Wildman–Crippen LogP) is 4.26. The van der Waals surface area contributed by atoms with Crippen molar-refractivity contribution in [1.29, 1.82) is 0 Å². The molecule has 0 radical (unpaired) electrons. The molecule has 240 valence electrons. The lowest BCUT2D eigenvalue weighted by Gasteiger charge is -2.38. The maximum Gasteiger partial charge on any atom is 0.379 e. The number of aliphatic imine (C=N–C) groups is 1. The molecule has 3 aliphatic heterocycles. The molecule has 46 heavy (non-hydrogen) atoms. The zero-order chi connectivity index (χ0) is 32.7. The van der Waals surface area contributed by atoms with Crippen LogP contribution in [0.25, 0.3) is 0 Å². The van der Waals surface area contributed by atoms with Crippen LogP contribution in [0.3, 0.4) is 0 Å². The summed E-state index contributed by atoms with van der Waals surface area (Å²) in [5, 5.41) is 14.5. The van der Waals surface area contributed by atoms with Crippen LogP contribution in [-0.4, -0.2) is 89.6 Å². The van der Waals surface area contributed by atoms with Crippen LogP contribution in [0.5, 0.6) is 0 Å². The fourth-order valence-corrected chi connectivity index (χ4v) is 6.66. The molecular formula is C30H26ClF3N6O5S. The summed E-state index contributed by atoms with van der Waals surface area (Å²) >= 11 is 7.78. The molecule has 4 heterocycles. The normalized spacial score (nSPS) is 20.4. The Labute approximate surface area is 269 Å². The van der Waals surface area contributed by atoms with Crippen molar-refractivity contribution in [2.45, 2.75) is 18.0 Å². The molecule has 2 N–H and O–H groups in total. The van der Waals surface area contributed by atoms with Crippen molar-refractivity contribution in [3.8, 4) is 0 Å².